The van der Waals surface area contributed by atoms with E-state index in [1.54, 1.807) is 7.05 Å². The molecule has 4 bridgehead atoms. The van der Waals surface area contributed by atoms with Crippen molar-refractivity contribution in [2.45, 2.75) is 44.9 Å². The van der Waals surface area contributed by atoms with Crippen LogP contribution in [-0.4, -0.2) is 13.0 Å². The molecule has 3 nitrogen and oxygen atoms in total. The summed E-state index contributed by atoms with van der Waals surface area (Å²) in [5.74, 6) is 3.00. The van der Waals surface area contributed by atoms with Gasteiger partial charge >= 0.3 is 0 Å². The van der Waals surface area contributed by atoms with Crippen molar-refractivity contribution in [3.05, 3.63) is 0 Å². The monoisotopic (exact) mass is 222 g/mol. The number of nitrogens with one attached hydrogen (secondary N) is 2. The number of hydrogen-bond acceptors (Lipinski definition) is 2. The molecule has 0 heterocycles. The van der Waals surface area contributed by atoms with E-state index in [9.17, 15) is 4.79 Å². The van der Waals surface area contributed by atoms with E-state index >= 15 is 0 Å². The lowest BCUT2D eigenvalue weighted by atomic mass is 9.49. The first-order chi connectivity index (χ1) is 7.69. The normalized spacial score (nSPS) is 44.7. The number of hydrazine groups is 1. The molecule has 0 aromatic carbocycles. The van der Waals surface area contributed by atoms with Crippen molar-refractivity contribution in [1.82, 2.24) is 10.9 Å². The summed E-state index contributed by atoms with van der Waals surface area (Å²) in [6, 6.07) is 0. The fourth-order valence-electron chi connectivity index (χ4n) is 5.03. The predicted octanol–water partition coefficient (Wildman–Crippen LogP) is 1.84. The highest BCUT2D eigenvalue weighted by Gasteiger charge is 2.51. The summed E-state index contributed by atoms with van der Waals surface area (Å²) in [5, 5.41) is 0. The fraction of sp³-hybridized carbons (Fsp3) is 0.923. The molecule has 0 unspecified atom stereocenters. The molecule has 4 aliphatic rings. The second-order valence-corrected chi connectivity index (χ2v) is 6.39. The number of rotatable bonds is 3. The molecule has 1 amide bonds. The van der Waals surface area contributed by atoms with E-state index in [0.717, 1.165) is 24.2 Å². The van der Waals surface area contributed by atoms with Gasteiger partial charge in [0.15, 0.2) is 0 Å². The van der Waals surface area contributed by atoms with Crippen LogP contribution in [0.5, 0.6) is 0 Å². The average molecular weight is 222 g/mol. The molecule has 0 saturated heterocycles. The van der Waals surface area contributed by atoms with Crippen LogP contribution in [-0.2, 0) is 4.79 Å². The molecule has 0 aliphatic heterocycles. The summed E-state index contributed by atoms with van der Waals surface area (Å²) in [6.45, 7) is 0. The van der Waals surface area contributed by atoms with Crippen LogP contribution in [0.4, 0.5) is 0 Å². The van der Waals surface area contributed by atoms with Gasteiger partial charge in [0, 0.05) is 13.5 Å². The van der Waals surface area contributed by atoms with Gasteiger partial charge in [0.1, 0.15) is 0 Å². The molecule has 4 rings (SSSR count). The van der Waals surface area contributed by atoms with Crippen LogP contribution in [0.1, 0.15) is 44.9 Å². The summed E-state index contributed by atoms with van der Waals surface area (Å²) in [6.07, 6.45) is 9.05. The quantitative estimate of drug-likeness (QED) is 0.715. The Balaban J connectivity index is 1.71. The highest BCUT2D eigenvalue weighted by Crippen LogP contribution is 2.61. The lowest BCUT2D eigenvalue weighted by molar-refractivity contribution is -0.130. The van der Waals surface area contributed by atoms with Crippen molar-refractivity contribution in [1.29, 1.82) is 0 Å². The molecule has 4 saturated carbocycles. The highest BCUT2D eigenvalue weighted by molar-refractivity contribution is 5.76. The SMILES string of the molecule is CNNC(=O)CC12CC3CC(CC(C3)C1)C2. The molecule has 0 atom stereocenters. The first-order valence-electron chi connectivity index (χ1n) is 6.65. The van der Waals surface area contributed by atoms with E-state index in [2.05, 4.69) is 10.9 Å². The Morgan fingerprint density at radius 3 is 2.06 bits per heavy atom. The van der Waals surface area contributed by atoms with E-state index in [1.165, 1.54) is 38.5 Å². The van der Waals surface area contributed by atoms with Crippen LogP contribution in [0.25, 0.3) is 0 Å². The van der Waals surface area contributed by atoms with E-state index < -0.39 is 0 Å². The van der Waals surface area contributed by atoms with Gasteiger partial charge in [-0.2, -0.15) is 0 Å². The summed E-state index contributed by atoms with van der Waals surface area (Å²) in [7, 11) is 1.76. The molecule has 0 spiro atoms. The Morgan fingerprint density at radius 2 is 1.62 bits per heavy atom. The van der Waals surface area contributed by atoms with Gasteiger partial charge in [0.2, 0.25) is 5.91 Å². The van der Waals surface area contributed by atoms with Crippen molar-refractivity contribution in [3.63, 3.8) is 0 Å². The highest BCUT2D eigenvalue weighted by atomic mass is 16.2. The zero-order chi connectivity index (χ0) is 11.2. The summed E-state index contributed by atoms with van der Waals surface area (Å²) < 4.78 is 0. The maximum Gasteiger partial charge on any atom is 0.234 e. The third-order valence-electron chi connectivity index (χ3n) is 4.97. The predicted molar refractivity (Wildman–Crippen MR) is 62.4 cm³/mol. The van der Waals surface area contributed by atoms with Crippen LogP contribution in [0.3, 0.4) is 0 Å². The number of carbonyl (C=O) groups is 1. The van der Waals surface area contributed by atoms with Crippen LogP contribution in [0.15, 0.2) is 0 Å². The van der Waals surface area contributed by atoms with Crippen molar-refractivity contribution >= 4 is 5.91 Å². The van der Waals surface area contributed by atoms with Crippen molar-refractivity contribution in [2.75, 3.05) is 7.05 Å². The molecular weight excluding hydrogens is 200 g/mol. The van der Waals surface area contributed by atoms with Crippen LogP contribution >= 0.6 is 0 Å². The summed E-state index contributed by atoms with van der Waals surface area (Å²) >= 11 is 0. The van der Waals surface area contributed by atoms with Crippen molar-refractivity contribution < 1.29 is 4.79 Å². The van der Waals surface area contributed by atoms with Crippen LogP contribution in [0, 0.1) is 23.2 Å². The zero-order valence-corrected chi connectivity index (χ0v) is 10.1. The van der Waals surface area contributed by atoms with Crippen LogP contribution < -0.4 is 10.9 Å². The Hall–Kier alpha value is -0.570. The standard InChI is InChI=1S/C13H22N2O/c1-14-15-12(16)8-13-5-9-2-10(6-13)4-11(3-9)7-13/h9-11,14H,2-8H2,1H3,(H,15,16). The van der Waals surface area contributed by atoms with E-state index in [-0.39, 0.29) is 5.91 Å². The molecule has 90 valence electrons. The third kappa shape index (κ3) is 1.75. The molecule has 4 fully saturated rings. The Labute approximate surface area is 97.3 Å². The first-order valence-corrected chi connectivity index (χ1v) is 6.65. The minimum atomic E-state index is 0.185. The molecule has 0 aromatic heterocycles. The minimum absolute atomic E-state index is 0.185. The molecular formula is C13H22N2O. The fourth-order valence-corrected chi connectivity index (χ4v) is 5.03. The van der Waals surface area contributed by atoms with Gasteiger partial charge in [-0.1, -0.05) is 0 Å². The molecule has 16 heavy (non-hydrogen) atoms. The third-order valence-corrected chi connectivity index (χ3v) is 4.97. The largest absolute Gasteiger partial charge is 0.292 e. The number of amides is 1. The average Bonchev–Trinajstić information content (AvgIpc) is 2.13. The topological polar surface area (TPSA) is 41.1 Å². The van der Waals surface area contributed by atoms with Gasteiger partial charge < -0.3 is 0 Å². The molecule has 4 aliphatic carbocycles. The molecule has 0 aromatic rings. The van der Waals surface area contributed by atoms with Gasteiger partial charge in [0.25, 0.3) is 0 Å². The molecule has 3 heteroatoms. The molecule has 0 radical (unpaired) electrons. The Bertz CT molecular complexity index is 265. The van der Waals surface area contributed by atoms with E-state index in [1.807, 2.05) is 0 Å². The van der Waals surface area contributed by atoms with E-state index in [0.29, 0.717) is 5.41 Å². The Kier molecular flexibility index (Phi) is 2.46. The minimum Gasteiger partial charge on any atom is -0.292 e. The maximum atomic E-state index is 11.8. The summed E-state index contributed by atoms with van der Waals surface area (Å²) in [5.41, 5.74) is 5.85. The van der Waals surface area contributed by atoms with Gasteiger partial charge in [-0.3, -0.25) is 10.2 Å². The second-order valence-electron chi connectivity index (χ2n) is 6.39. The van der Waals surface area contributed by atoms with Gasteiger partial charge in [-0.15, -0.1) is 0 Å². The maximum absolute atomic E-state index is 11.8. The van der Waals surface area contributed by atoms with E-state index in [4.69, 9.17) is 0 Å². The lowest BCUT2D eigenvalue weighted by Crippen LogP contribution is -2.48. The Morgan fingerprint density at radius 1 is 1.12 bits per heavy atom. The van der Waals surface area contributed by atoms with Gasteiger partial charge in [-0.25, -0.2) is 5.43 Å². The molecule has 2 N–H and O–H groups in total. The number of carbonyl (C=O) groups excluding carboxylic acids is 1. The lowest BCUT2D eigenvalue weighted by Gasteiger charge is -2.56. The smallest absolute Gasteiger partial charge is 0.234 e. The van der Waals surface area contributed by atoms with Crippen LogP contribution in [0.2, 0.25) is 0 Å². The number of hydrogen-bond donors (Lipinski definition) is 2. The summed E-state index contributed by atoms with van der Waals surface area (Å²) in [4.78, 5) is 11.8. The van der Waals surface area contributed by atoms with Crippen molar-refractivity contribution in [2.24, 2.45) is 23.2 Å². The van der Waals surface area contributed by atoms with Crippen molar-refractivity contribution in [3.8, 4) is 0 Å². The second kappa shape index (κ2) is 3.73. The van der Waals surface area contributed by atoms with Gasteiger partial charge in [-0.05, 0) is 61.7 Å². The van der Waals surface area contributed by atoms with Gasteiger partial charge in [0.05, 0.1) is 0 Å². The zero-order valence-electron chi connectivity index (χ0n) is 10.1. The first kappa shape index (κ1) is 10.6.